The zero-order valence-corrected chi connectivity index (χ0v) is 21.1. The first-order chi connectivity index (χ1) is 17.0. The van der Waals surface area contributed by atoms with E-state index in [2.05, 4.69) is 37.8 Å². The lowest BCUT2D eigenvalue weighted by Crippen LogP contribution is -2.27. The highest BCUT2D eigenvalue weighted by Crippen LogP contribution is 2.55. The summed E-state index contributed by atoms with van der Waals surface area (Å²) in [6.07, 6.45) is 2.43. The van der Waals surface area contributed by atoms with Crippen molar-refractivity contribution < 1.29 is 18.7 Å². The first-order valence-electron chi connectivity index (χ1n) is 12.6. The Labute approximate surface area is 206 Å². The van der Waals surface area contributed by atoms with Gasteiger partial charge in [-0.3, -0.25) is 4.79 Å². The molecule has 1 heterocycles. The van der Waals surface area contributed by atoms with Crippen LogP contribution in [0, 0.1) is 0 Å². The lowest BCUT2D eigenvalue weighted by atomic mass is 10.00. The highest BCUT2D eigenvalue weighted by molar-refractivity contribution is 5.94. The number of nitrogens with zero attached hydrogens (tertiary/aromatic N) is 1. The molecule has 0 aliphatic heterocycles. The molecule has 0 saturated heterocycles. The third-order valence-electron chi connectivity index (χ3n) is 6.94. The van der Waals surface area contributed by atoms with E-state index in [1.807, 2.05) is 12.1 Å². The highest BCUT2D eigenvalue weighted by Gasteiger charge is 2.43. The monoisotopic (exact) mass is 477 g/mol. The Kier molecular flexibility index (Phi) is 7.91. The molecule has 1 aliphatic rings. The summed E-state index contributed by atoms with van der Waals surface area (Å²) in [6.45, 7) is 9.05. The van der Waals surface area contributed by atoms with Crippen molar-refractivity contribution in [1.82, 2.24) is 4.90 Å². The summed E-state index contributed by atoms with van der Waals surface area (Å²) in [5.74, 6) is 1.68. The van der Waals surface area contributed by atoms with Crippen molar-refractivity contribution in [2.75, 3.05) is 33.4 Å². The Balaban J connectivity index is 1.60. The zero-order valence-electron chi connectivity index (χ0n) is 21.1. The summed E-state index contributed by atoms with van der Waals surface area (Å²) in [5, 5.41) is 0.439. The molecule has 1 aromatic heterocycles. The molecule has 186 valence electrons. The van der Waals surface area contributed by atoms with Gasteiger partial charge in [-0.05, 0) is 67.7 Å². The van der Waals surface area contributed by atoms with E-state index in [0.717, 1.165) is 43.0 Å². The summed E-state index contributed by atoms with van der Waals surface area (Å²) in [7, 11) is 1.67. The van der Waals surface area contributed by atoms with Crippen LogP contribution in [0.4, 0.5) is 0 Å². The van der Waals surface area contributed by atoms with Crippen LogP contribution in [0.3, 0.4) is 0 Å². The summed E-state index contributed by atoms with van der Waals surface area (Å²) >= 11 is 0. The summed E-state index contributed by atoms with van der Waals surface area (Å²) < 4.78 is 17.2. The second-order valence-electron chi connectivity index (χ2n) is 9.12. The molecule has 2 unspecified atom stereocenters. The average Bonchev–Trinajstić information content (AvgIpc) is 3.69. The molecule has 6 nitrogen and oxygen atoms in total. The minimum absolute atomic E-state index is 0.0443. The number of rotatable bonds is 11. The van der Waals surface area contributed by atoms with Gasteiger partial charge in [0.05, 0.1) is 18.1 Å². The topological polar surface area (TPSA) is 69.0 Å². The summed E-state index contributed by atoms with van der Waals surface area (Å²) in [5.41, 5.74) is 2.77. The second kappa shape index (κ2) is 11.1. The van der Waals surface area contributed by atoms with E-state index in [1.54, 1.807) is 25.3 Å². The van der Waals surface area contributed by atoms with Crippen LogP contribution in [0.25, 0.3) is 11.0 Å². The van der Waals surface area contributed by atoms with Crippen LogP contribution < -0.4 is 10.2 Å². The van der Waals surface area contributed by atoms with Crippen LogP contribution in [0.2, 0.25) is 0 Å². The van der Waals surface area contributed by atoms with Gasteiger partial charge >= 0.3 is 5.97 Å². The number of carbonyl (C=O) groups excluding carboxylic acids is 1. The van der Waals surface area contributed by atoms with Crippen LogP contribution in [-0.2, 0) is 11.2 Å². The van der Waals surface area contributed by atoms with E-state index >= 15 is 0 Å². The van der Waals surface area contributed by atoms with E-state index in [1.165, 1.54) is 5.56 Å². The van der Waals surface area contributed by atoms with Crippen LogP contribution in [0.1, 0.15) is 72.7 Å². The van der Waals surface area contributed by atoms with Gasteiger partial charge in [0.25, 0.3) is 0 Å². The molecule has 3 aromatic rings. The maximum atomic E-state index is 13.5. The third kappa shape index (κ3) is 5.43. The van der Waals surface area contributed by atoms with Gasteiger partial charge in [0, 0.05) is 18.0 Å². The number of likely N-dealkylation sites (N-methyl/N-ethyl adjacent to an activating group) is 1. The predicted molar refractivity (Wildman–Crippen MR) is 138 cm³/mol. The van der Waals surface area contributed by atoms with Crippen LogP contribution in [0.5, 0.6) is 5.75 Å². The van der Waals surface area contributed by atoms with Crippen molar-refractivity contribution in [3.05, 3.63) is 75.1 Å². The van der Waals surface area contributed by atoms with E-state index in [4.69, 9.17) is 13.9 Å². The molecular formula is C29H35NO5. The van der Waals surface area contributed by atoms with Crippen molar-refractivity contribution in [2.24, 2.45) is 0 Å². The Bertz CT molecular complexity index is 1240. The van der Waals surface area contributed by atoms with E-state index < -0.39 is 5.97 Å². The minimum atomic E-state index is -0.417. The lowest BCUT2D eigenvalue weighted by molar-refractivity contribution is 0.0466. The molecule has 0 N–H and O–H groups in total. The van der Waals surface area contributed by atoms with Gasteiger partial charge in [0.1, 0.15) is 23.7 Å². The number of methoxy groups -OCH3 is 1. The third-order valence-corrected chi connectivity index (χ3v) is 6.94. The molecular weight excluding hydrogens is 442 g/mol. The van der Waals surface area contributed by atoms with Crippen molar-refractivity contribution in [3.8, 4) is 5.75 Å². The largest absolute Gasteiger partial charge is 0.497 e. The quantitative estimate of drug-likeness (QED) is 0.339. The van der Waals surface area contributed by atoms with Crippen LogP contribution in [-0.4, -0.2) is 44.2 Å². The van der Waals surface area contributed by atoms with Crippen LogP contribution in [0.15, 0.2) is 51.7 Å². The number of hydrogen-bond donors (Lipinski definition) is 0. The van der Waals surface area contributed by atoms with Crippen molar-refractivity contribution in [1.29, 1.82) is 0 Å². The minimum Gasteiger partial charge on any atom is -0.497 e. The van der Waals surface area contributed by atoms with Crippen LogP contribution >= 0.6 is 0 Å². The molecule has 1 fully saturated rings. The smallest absolute Gasteiger partial charge is 0.338 e. The maximum absolute atomic E-state index is 13.5. The Morgan fingerprint density at radius 2 is 1.89 bits per heavy atom. The maximum Gasteiger partial charge on any atom is 0.338 e. The predicted octanol–water partition coefficient (Wildman–Crippen LogP) is 5.52. The van der Waals surface area contributed by atoms with Crippen molar-refractivity contribution in [3.63, 3.8) is 0 Å². The number of fused-ring (bicyclic) bond motifs is 1. The molecule has 6 heteroatoms. The molecule has 0 amide bonds. The van der Waals surface area contributed by atoms with Gasteiger partial charge in [0.2, 0.25) is 0 Å². The van der Waals surface area contributed by atoms with E-state index in [0.29, 0.717) is 42.0 Å². The Morgan fingerprint density at radius 1 is 1.09 bits per heavy atom. The number of ether oxygens (including phenoxy) is 2. The first-order valence-corrected chi connectivity index (χ1v) is 12.6. The average molecular weight is 478 g/mol. The van der Waals surface area contributed by atoms with Crippen molar-refractivity contribution in [2.45, 2.75) is 51.9 Å². The molecule has 0 spiro atoms. The fourth-order valence-electron chi connectivity index (χ4n) is 4.78. The number of hydrogen-bond acceptors (Lipinski definition) is 6. The number of benzene rings is 2. The SMILES string of the molecule is CCCc1c(C2CC2c2cccc(OC)c2)oc2ccc(C(=O)OCCN(CC)CC)cc2c1=O. The van der Waals surface area contributed by atoms with E-state index in [-0.39, 0.29) is 11.3 Å². The van der Waals surface area contributed by atoms with Crippen molar-refractivity contribution >= 4 is 16.9 Å². The number of esters is 1. The molecule has 1 saturated carbocycles. The molecule has 1 aliphatic carbocycles. The second-order valence-corrected chi connectivity index (χ2v) is 9.12. The highest BCUT2D eigenvalue weighted by atomic mass is 16.5. The summed E-state index contributed by atoms with van der Waals surface area (Å²) in [4.78, 5) is 28.3. The normalized spacial score (nSPS) is 17.1. The number of carbonyl (C=O) groups is 1. The fraction of sp³-hybridized carbons (Fsp3) is 0.448. The molecule has 0 radical (unpaired) electrons. The van der Waals surface area contributed by atoms with Gasteiger partial charge in [-0.15, -0.1) is 0 Å². The van der Waals surface area contributed by atoms with Gasteiger partial charge in [0.15, 0.2) is 5.43 Å². The van der Waals surface area contributed by atoms with E-state index in [9.17, 15) is 9.59 Å². The first kappa shape index (κ1) is 25.0. The van der Waals surface area contributed by atoms with Gasteiger partial charge in [-0.2, -0.15) is 0 Å². The van der Waals surface area contributed by atoms with Gasteiger partial charge in [-0.1, -0.05) is 39.3 Å². The molecule has 0 bridgehead atoms. The van der Waals surface area contributed by atoms with Gasteiger partial charge in [-0.25, -0.2) is 4.79 Å². The lowest BCUT2D eigenvalue weighted by Gasteiger charge is -2.17. The fourth-order valence-corrected chi connectivity index (χ4v) is 4.78. The summed E-state index contributed by atoms with van der Waals surface area (Å²) in [6, 6.07) is 13.1. The Morgan fingerprint density at radius 3 is 2.60 bits per heavy atom. The molecule has 2 atom stereocenters. The van der Waals surface area contributed by atoms with Gasteiger partial charge < -0.3 is 18.8 Å². The zero-order chi connectivity index (χ0) is 24.9. The standard InChI is InChI=1S/C29H35NO5/c1-5-9-22-27(31)25-17-20(29(32)34-15-14-30(6-2)7-3)12-13-26(25)35-28(22)24-18-23(24)19-10-8-11-21(16-19)33-4/h8,10-13,16-17,23-24H,5-7,9,14-15,18H2,1-4H3. The molecule has 35 heavy (non-hydrogen) atoms. The Hall–Kier alpha value is -3.12. The molecule has 4 rings (SSSR count). The molecule has 2 aromatic carbocycles.